The molecule has 0 aliphatic carbocycles. The van der Waals surface area contributed by atoms with Gasteiger partial charge < -0.3 is 9.88 Å². The molecule has 0 aliphatic heterocycles. The third kappa shape index (κ3) is 3.64. The Morgan fingerprint density at radius 1 is 1.21 bits per heavy atom. The molecule has 0 saturated heterocycles. The number of halogens is 2. The SMILES string of the molecule is CC(Cc1c(F)cccc1F)NCc1ccn(C)c1. The number of hydrogen-bond donors (Lipinski definition) is 1. The van der Waals surface area contributed by atoms with Crippen LogP contribution in [0.3, 0.4) is 0 Å². The maximum absolute atomic E-state index is 13.5. The van der Waals surface area contributed by atoms with E-state index in [1.807, 2.05) is 37.0 Å². The molecule has 0 radical (unpaired) electrons. The van der Waals surface area contributed by atoms with E-state index in [4.69, 9.17) is 0 Å². The van der Waals surface area contributed by atoms with E-state index in [9.17, 15) is 8.78 Å². The van der Waals surface area contributed by atoms with Crippen LogP contribution in [0.5, 0.6) is 0 Å². The van der Waals surface area contributed by atoms with Crippen LogP contribution in [0.25, 0.3) is 0 Å². The molecule has 2 aromatic rings. The van der Waals surface area contributed by atoms with E-state index in [-0.39, 0.29) is 11.6 Å². The van der Waals surface area contributed by atoms with Crippen LogP contribution in [0, 0.1) is 11.6 Å². The molecule has 0 spiro atoms. The lowest BCUT2D eigenvalue weighted by Crippen LogP contribution is -2.28. The molecule has 1 heterocycles. The summed E-state index contributed by atoms with van der Waals surface area (Å²) in [6, 6.07) is 6.00. The van der Waals surface area contributed by atoms with Gasteiger partial charge in [-0.2, -0.15) is 0 Å². The van der Waals surface area contributed by atoms with E-state index in [0.29, 0.717) is 13.0 Å². The third-order valence-electron chi connectivity index (χ3n) is 3.12. The molecule has 1 N–H and O–H groups in total. The predicted molar refractivity (Wildman–Crippen MR) is 71.8 cm³/mol. The van der Waals surface area contributed by atoms with Gasteiger partial charge in [-0.15, -0.1) is 0 Å². The van der Waals surface area contributed by atoms with Crippen LogP contribution in [0.1, 0.15) is 18.1 Å². The summed E-state index contributed by atoms with van der Waals surface area (Å²) < 4.78 is 29.0. The van der Waals surface area contributed by atoms with Gasteiger partial charge in [0.25, 0.3) is 0 Å². The second kappa shape index (κ2) is 5.97. The first-order valence-electron chi connectivity index (χ1n) is 6.33. The lowest BCUT2D eigenvalue weighted by atomic mass is 10.1. The fraction of sp³-hybridized carbons (Fsp3) is 0.333. The molecular weight excluding hydrogens is 246 g/mol. The van der Waals surface area contributed by atoms with Gasteiger partial charge in [0, 0.05) is 37.6 Å². The van der Waals surface area contributed by atoms with Crippen LogP contribution in [-0.2, 0) is 20.0 Å². The summed E-state index contributed by atoms with van der Waals surface area (Å²) in [6.07, 6.45) is 4.33. The quantitative estimate of drug-likeness (QED) is 0.878. The number of aryl methyl sites for hydroxylation is 1. The molecule has 0 saturated carbocycles. The van der Waals surface area contributed by atoms with Crippen molar-refractivity contribution in [3.63, 3.8) is 0 Å². The Morgan fingerprint density at radius 3 is 2.47 bits per heavy atom. The van der Waals surface area contributed by atoms with Crippen molar-refractivity contribution in [3.8, 4) is 0 Å². The van der Waals surface area contributed by atoms with Crippen molar-refractivity contribution < 1.29 is 8.78 Å². The molecule has 19 heavy (non-hydrogen) atoms. The normalized spacial score (nSPS) is 12.6. The van der Waals surface area contributed by atoms with Gasteiger partial charge in [0.05, 0.1) is 0 Å². The highest BCUT2D eigenvalue weighted by atomic mass is 19.1. The number of rotatable bonds is 5. The summed E-state index contributed by atoms with van der Waals surface area (Å²) in [5, 5.41) is 3.27. The highest BCUT2D eigenvalue weighted by Crippen LogP contribution is 2.14. The fourth-order valence-electron chi connectivity index (χ4n) is 2.06. The lowest BCUT2D eigenvalue weighted by molar-refractivity contribution is 0.499. The Kier molecular flexibility index (Phi) is 4.32. The molecule has 1 aromatic heterocycles. The molecule has 1 unspecified atom stereocenters. The smallest absolute Gasteiger partial charge is 0.129 e. The van der Waals surface area contributed by atoms with Gasteiger partial charge in [-0.05, 0) is 37.1 Å². The summed E-state index contributed by atoms with van der Waals surface area (Å²) in [6.45, 7) is 2.62. The van der Waals surface area contributed by atoms with Crippen molar-refractivity contribution in [1.29, 1.82) is 0 Å². The zero-order chi connectivity index (χ0) is 13.8. The maximum atomic E-state index is 13.5. The fourth-order valence-corrected chi connectivity index (χ4v) is 2.06. The van der Waals surface area contributed by atoms with Crippen molar-refractivity contribution >= 4 is 0 Å². The Hall–Kier alpha value is -1.68. The van der Waals surface area contributed by atoms with Gasteiger partial charge in [0.1, 0.15) is 11.6 Å². The second-order valence-electron chi connectivity index (χ2n) is 4.87. The van der Waals surface area contributed by atoms with Crippen molar-refractivity contribution in [3.05, 3.63) is 59.4 Å². The minimum absolute atomic E-state index is 0.00612. The predicted octanol–water partition coefficient (Wildman–Crippen LogP) is 3.02. The van der Waals surface area contributed by atoms with Gasteiger partial charge in [-0.1, -0.05) is 6.07 Å². The van der Waals surface area contributed by atoms with Crippen molar-refractivity contribution in [2.45, 2.75) is 25.9 Å². The molecule has 0 bridgehead atoms. The molecule has 1 aromatic carbocycles. The molecule has 0 fully saturated rings. The second-order valence-corrected chi connectivity index (χ2v) is 4.87. The Balaban J connectivity index is 1.92. The summed E-state index contributed by atoms with van der Waals surface area (Å²) in [4.78, 5) is 0. The Morgan fingerprint density at radius 2 is 1.89 bits per heavy atom. The average molecular weight is 264 g/mol. The van der Waals surface area contributed by atoms with E-state index < -0.39 is 11.6 Å². The molecule has 1 atom stereocenters. The first-order valence-corrected chi connectivity index (χ1v) is 6.33. The third-order valence-corrected chi connectivity index (χ3v) is 3.12. The molecule has 2 rings (SSSR count). The Labute approximate surface area is 112 Å². The van der Waals surface area contributed by atoms with Crippen LogP contribution in [0.2, 0.25) is 0 Å². The summed E-state index contributed by atoms with van der Waals surface area (Å²) >= 11 is 0. The van der Waals surface area contributed by atoms with Crippen LogP contribution in [0.15, 0.2) is 36.7 Å². The molecule has 102 valence electrons. The number of aromatic nitrogens is 1. The van der Waals surface area contributed by atoms with Gasteiger partial charge in [0.15, 0.2) is 0 Å². The van der Waals surface area contributed by atoms with Crippen molar-refractivity contribution in [2.24, 2.45) is 7.05 Å². The van der Waals surface area contributed by atoms with Crippen molar-refractivity contribution in [1.82, 2.24) is 9.88 Å². The molecule has 2 nitrogen and oxygen atoms in total. The van der Waals surface area contributed by atoms with Crippen LogP contribution < -0.4 is 5.32 Å². The number of nitrogens with one attached hydrogen (secondary N) is 1. The number of nitrogens with zero attached hydrogens (tertiary/aromatic N) is 1. The molecule has 0 aliphatic rings. The standard InChI is InChI=1S/C15H18F2N2/c1-11(18-9-12-6-7-19(2)10-12)8-13-14(16)4-3-5-15(13)17/h3-7,10-11,18H,8-9H2,1-2H3. The van der Waals surface area contributed by atoms with Gasteiger partial charge >= 0.3 is 0 Å². The van der Waals surface area contributed by atoms with Gasteiger partial charge in [0.2, 0.25) is 0 Å². The number of benzene rings is 1. The van der Waals surface area contributed by atoms with E-state index in [0.717, 1.165) is 5.56 Å². The maximum Gasteiger partial charge on any atom is 0.129 e. The number of hydrogen-bond acceptors (Lipinski definition) is 1. The van der Waals surface area contributed by atoms with Gasteiger partial charge in [-0.25, -0.2) is 8.78 Å². The first kappa shape index (κ1) is 13.7. The monoisotopic (exact) mass is 264 g/mol. The molecule has 4 heteroatoms. The van der Waals surface area contributed by atoms with Crippen molar-refractivity contribution in [2.75, 3.05) is 0 Å². The van der Waals surface area contributed by atoms with E-state index in [2.05, 4.69) is 5.32 Å². The van der Waals surface area contributed by atoms with E-state index in [1.54, 1.807) is 0 Å². The molecular formula is C15H18F2N2. The highest BCUT2D eigenvalue weighted by molar-refractivity contribution is 5.20. The van der Waals surface area contributed by atoms with E-state index >= 15 is 0 Å². The average Bonchev–Trinajstić information content (AvgIpc) is 2.77. The zero-order valence-corrected chi connectivity index (χ0v) is 11.2. The molecule has 0 amide bonds. The van der Waals surface area contributed by atoms with Crippen LogP contribution in [0.4, 0.5) is 8.78 Å². The van der Waals surface area contributed by atoms with Gasteiger partial charge in [-0.3, -0.25) is 0 Å². The van der Waals surface area contributed by atoms with Crippen LogP contribution in [-0.4, -0.2) is 10.6 Å². The topological polar surface area (TPSA) is 17.0 Å². The first-order chi connectivity index (χ1) is 9.06. The Bertz CT molecular complexity index is 529. The highest BCUT2D eigenvalue weighted by Gasteiger charge is 2.12. The van der Waals surface area contributed by atoms with E-state index in [1.165, 1.54) is 18.2 Å². The minimum Gasteiger partial charge on any atom is -0.357 e. The summed E-state index contributed by atoms with van der Waals surface area (Å²) in [5.41, 5.74) is 1.30. The summed E-state index contributed by atoms with van der Waals surface area (Å²) in [7, 11) is 1.96. The van der Waals surface area contributed by atoms with Crippen LogP contribution >= 0.6 is 0 Å². The lowest BCUT2D eigenvalue weighted by Gasteiger charge is -2.14. The minimum atomic E-state index is -0.478. The largest absolute Gasteiger partial charge is 0.357 e. The zero-order valence-electron chi connectivity index (χ0n) is 11.2. The summed E-state index contributed by atoms with van der Waals surface area (Å²) in [5.74, 6) is -0.957.